The van der Waals surface area contributed by atoms with Crippen LogP contribution in [0.5, 0.6) is 0 Å². The average molecular weight is 300 g/mol. The van der Waals surface area contributed by atoms with Crippen LogP contribution in [-0.2, 0) is 9.31 Å². The first-order chi connectivity index (χ1) is 10.2. The third-order valence-corrected chi connectivity index (χ3v) is 4.41. The van der Waals surface area contributed by atoms with Gasteiger partial charge in [-0.25, -0.2) is 4.98 Å². The minimum Gasteiger partial charge on any atom is -0.399 e. The molecule has 7 heteroatoms. The maximum absolute atomic E-state index is 12.0. The van der Waals surface area contributed by atoms with Gasteiger partial charge in [0.2, 0.25) is 0 Å². The fraction of sp³-hybridized carbons (Fsp3) is 0.400. The molecule has 0 aromatic carbocycles. The summed E-state index contributed by atoms with van der Waals surface area (Å²) in [6.45, 7) is 7.92. The average Bonchev–Trinajstić information content (AvgIpc) is 2.67. The van der Waals surface area contributed by atoms with Crippen LogP contribution < -0.4 is 11.0 Å². The number of nitrogens with zero attached hydrogens (tertiary/aromatic N) is 2. The zero-order valence-corrected chi connectivity index (χ0v) is 13.0. The molecule has 0 radical (unpaired) electrons. The van der Waals surface area contributed by atoms with E-state index in [4.69, 9.17) is 9.31 Å². The smallest absolute Gasteiger partial charge is 0.399 e. The summed E-state index contributed by atoms with van der Waals surface area (Å²) >= 11 is 0. The van der Waals surface area contributed by atoms with Gasteiger partial charge >= 0.3 is 7.12 Å². The highest BCUT2D eigenvalue weighted by atomic mass is 16.7. The number of pyridine rings is 1. The summed E-state index contributed by atoms with van der Waals surface area (Å²) in [5.74, 6) is 0. The van der Waals surface area contributed by atoms with Gasteiger partial charge < -0.3 is 9.31 Å². The van der Waals surface area contributed by atoms with Gasteiger partial charge in [0.15, 0.2) is 6.29 Å². The van der Waals surface area contributed by atoms with Crippen molar-refractivity contribution in [2.24, 2.45) is 0 Å². The lowest BCUT2D eigenvalue weighted by atomic mass is 9.80. The van der Waals surface area contributed by atoms with Crippen LogP contribution in [0.25, 0.3) is 5.65 Å². The maximum Gasteiger partial charge on any atom is 0.495 e. The lowest BCUT2D eigenvalue weighted by molar-refractivity contribution is 0.00578. The molecule has 1 fully saturated rings. The first kappa shape index (κ1) is 14.9. The van der Waals surface area contributed by atoms with Gasteiger partial charge in [-0.05, 0) is 45.3 Å². The second kappa shape index (κ2) is 4.76. The first-order valence-electron chi connectivity index (χ1n) is 7.07. The van der Waals surface area contributed by atoms with Gasteiger partial charge in [-0.2, -0.15) is 0 Å². The maximum atomic E-state index is 12.0. The summed E-state index contributed by atoms with van der Waals surface area (Å²) in [5.41, 5.74) is 0.00449. The van der Waals surface area contributed by atoms with Crippen molar-refractivity contribution in [3.05, 3.63) is 40.4 Å². The Balaban J connectivity index is 2.04. The summed E-state index contributed by atoms with van der Waals surface area (Å²) in [6, 6.07) is 3.48. The molecule has 0 bridgehead atoms. The summed E-state index contributed by atoms with van der Waals surface area (Å²) in [6.07, 6.45) is 3.36. The standard InChI is InChI=1S/C15H17BN2O4/c1-14(2)15(3,4)22-16(21-14)11-5-6-18-12(7-11)17-8-10(9-19)13(18)20/h5-9H,1-4H3. The first-order valence-corrected chi connectivity index (χ1v) is 7.07. The Hall–Kier alpha value is -1.99. The quantitative estimate of drug-likeness (QED) is 0.606. The normalized spacial score (nSPS) is 19.5. The molecule has 2 aromatic heterocycles. The molecule has 2 aromatic rings. The second-order valence-electron chi connectivity index (χ2n) is 6.41. The predicted molar refractivity (Wildman–Crippen MR) is 82.6 cm³/mol. The molecule has 0 atom stereocenters. The zero-order valence-electron chi connectivity index (χ0n) is 13.0. The Bertz CT molecular complexity index is 797. The van der Waals surface area contributed by atoms with Crippen LogP contribution >= 0.6 is 0 Å². The van der Waals surface area contributed by atoms with E-state index < -0.39 is 18.3 Å². The zero-order chi connectivity index (χ0) is 16.1. The van der Waals surface area contributed by atoms with Crippen LogP contribution in [-0.4, -0.2) is 34.0 Å². The van der Waals surface area contributed by atoms with Crippen LogP contribution in [0.4, 0.5) is 0 Å². The van der Waals surface area contributed by atoms with Crippen molar-refractivity contribution in [2.45, 2.75) is 38.9 Å². The van der Waals surface area contributed by atoms with Gasteiger partial charge in [-0.3, -0.25) is 14.0 Å². The number of aldehydes is 1. The van der Waals surface area contributed by atoms with Crippen molar-refractivity contribution in [3.63, 3.8) is 0 Å². The number of rotatable bonds is 2. The number of carbonyl (C=O) groups excluding carboxylic acids is 1. The highest BCUT2D eigenvalue weighted by Crippen LogP contribution is 2.36. The molecule has 0 saturated carbocycles. The minimum absolute atomic E-state index is 0.0286. The van der Waals surface area contributed by atoms with E-state index in [0.717, 1.165) is 5.46 Å². The number of fused-ring (bicyclic) bond motifs is 1. The summed E-state index contributed by atoms with van der Waals surface area (Å²) in [4.78, 5) is 27.0. The van der Waals surface area contributed by atoms with Crippen molar-refractivity contribution in [1.29, 1.82) is 0 Å². The monoisotopic (exact) mass is 300 g/mol. The van der Waals surface area contributed by atoms with Crippen molar-refractivity contribution in [1.82, 2.24) is 9.38 Å². The van der Waals surface area contributed by atoms with E-state index in [0.29, 0.717) is 11.9 Å². The summed E-state index contributed by atoms with van der Waals surface area (Å²) < 4.78 is 13.3. The molecule has 0 amide bonds. The molecule has 1 aliphatic rings. The van der Waals surface area contributed by atoms with Crippen molar-refractivity contribution >= 4 is 24.5 Å². The van der Waals surface area contributed by atoms with Crippen LogP contribution in [0.2, 0.25) is 0 Å². The van der Waals surface area contributed by atoms with Crippen LogP contribution in [0, 0.1) is 0 Å². The molecule has 114 valence electrons. The lowest BCUT2D eigenvalue weighted by Gasteiger charge is -2.32. The van der Waals surface area contributed by atoms with E-state index in [-0.39, 0.29) is 11.1 Å². The molecule has 6 nitrogen and oxygen atoms in total. The fourth-order valence-electron chi connectivity index (χ4n) is 2.31. The third kappa shape index (κ3) is 2.17. The highest BCUT2D eigenvalue weighted by molar-refractivity contribution is 6.62. The molecule has 0 N–H and O–H groups in total. The van der Waals surface area contributed by atoms with Gasteiger partial charge in [0.1, 0.15) is 5.65 Å². The van der Waals surface area contributed by atoms with Gasteiger partial charge in [0.25, 0.3) is 5.56 Å². The highest BCUT2D eigenvalue weighted by Gasteiger charge is 2.51. The van der Waals surface area contributed by atoms with Crippen molar-refractivity contribution in [2.75, 3.05) is 0 Å². The SMILES string of the molecule is CC1(C)OB(c2ccn3c(=O)c(C=O)cnc3c2)OC1(C)C. The molecule has 0 spiro atoms. The van der Waals surface area contributed by atoms with Gasteiger partial charge in [-0.1, -0.05) is 0 Å². The summed E-state index contributed by atoms with van der Waals surface area (Å²) in [7, 11) is -0.516. The van der Waals surface area contributed by atoms with Gasteiger partial charge in [0, 0.05) is 12.4 Å². The largest absolute Gasteiger partial charge is 0.495 e. The van der Waals surface area contributed by atoms with Crippen LogP contribution in [0.1, 0.15) is 38.1 Å². The molecule has 3 heterocycles. The molecule has 22 heavy (non-hydrogen) atoms. The van der Waals surface area contributed by atoms with Crippen LogP contribution in [0.3, 0.4) is 0 Å². The van der Waals surface area contributed by atoms with E-state index in [1.54, 1.807) is 18.3 Å². The van der Waals surface area contributed by atoms with E-state index in [9.17, 15) is 9.59 Å². The predicted octanol–water partition coefficient (Wildman–Crippen LogP) is 0.806. The number of hydrogen-bond acceptors (Lipinski definition) is 5. The van der Waals surface area contributed by atoms with Crippen molar-refractivity contribution < 1.29 is 14.1 Å². The Labute approximate surface area is 128 Å². The number of aromatic nitrogens is 2. The van der Waals surface area contributed by atoms with Gasteiger partial charge in [-0.15, -0.1) is 0 Å². The molecule has 1 aliphatic heterocycles. The Morgan fingerprint density at radius 1 is 1.23 bits per heavy atom. The Kier molecular flexibility index (Phi) is 3.23. The number of carbonyl (C=O) groups is 1. The summed E-state index contributed by atoms with van der Waals surface area (Å²) in [5, 5.41) is 0. The third-order valence-electron chi connectivity index (χ3n) is 4.41. The fourth-order valence-corrected chi connectivity index (χ4v) is 2.31. The van der Waals surface area contributed by atoms with E-state index >= 15 is 0 Å². The van der Waals surface area contributed by atoms with Crippen LogP contribution in [0.15, 0.2) is 29.3 Å². The number of hydrogen-bond donors (Lipinski definition) is 0. The van der Waals surface area contributed by atoms with E-state index in [2.05, 4.69) is 4.98 Å². The second-order valence-corrected chi connectivity index (χ2v) is 6.41. The molecular formula is C15H17BN2O4. The minimum atomic E-state index is -0.516. The van der Waals surface area contributed by atoms with Gasteiger partial charge in [0.05, 0.1) is 16.8 Å². The molecule has 3 rings (SSSR count). The lowest BCUT2D eigenvalue weighted by Crippen LogP contribution is -2.41. The topological polar surface area (TPSA) is 69.9 Å². The molecule has 0 unspecified atom stereocenters. The van der Waals surface area contributed by atoms with E-state index in [1.807, 2.05) is 27.7 Å². The molecular weight excluding hydrogens is 283 g/mol. The van der Waals surface area contributed by atoms with E-state index in [1.165, 1.54) is 10.6 Å². The Morgan fingerprint density at radius 3 is 2.45 bits per heavy atom. The molecule has 1 saturated heterocycles. The Morgan fingerprint density at radius 2 is 1.86 bits per heavy atom. The van der Waals surface area contributed by atoms with Crippen molar-refractivity contribution in [3.8, 4) is 0 Å². The molecule has 0 aliphatic carbocycles.